The molecule has 0 aromatic heterocycles. The molecule has 158 valence electrons. The van der Waals surface area contributed by atoms with Crippen LogP contribution >= 0.6 is 11.6 Å². The molecule has 1 aliphatic heterocycles. The second-order valence-electron chi connectivity index (χ2n) is 7.45. The number of nitrogens with zero attached hydrogens (tertiary/aromatic N) is 1. The lowest BCUT2D eigenvalue weighted by molar-refractivity contribution is -0.126. The molecule has 2 amide bonds. The van der Waals surface area contributed by atoms with Crippen LogP contribution in [0.1, 0.15) is 27.0 Å². The number of hydrogen-bond donors (Lipinski definition) is 3. The molecule has 31 heavy (non-hydrogen) atoms. The second-order valence-corrected chi connectivity index (χ2v) is 7.85. The highest BCUT2D eigenvalue weighted by Crippen LogP contribution is 2.33. The van der Waals surface area contributed by atoms with Crippen molar-refractivity contribution in [2.24, 2.45) is 0 Å². The normalized spacial score (nSPS) is 15.3. The zero-order chi connectivity index (χ0) is 22.0. The van der Waals surface area contributed by atoms with E-state index < -0.39 is 17.7 Å². The summed E-state index contributed by atoms with van der Waals surface area (Å²) in [6.07, 6.45) is 0.356. The number of nitrogens with one attached hydrogen (secondary N) is 1. The number of rotatable bonds is 4. The first-order valence-electron chi connectivity index (χ1n) is 9.85. The van der Waals surface area contributed by atoms with Crippen LogP contribution in [0.25, 0.3) is 0 Å². The number of aromatic hydroxyl groups is 2. The summed E-state index contributed by atoms with van der Waals surface area (Å²) >= 11 is 5.96. The molecule has 0 saturated carbocycles. The van der Waals surface area contributed by atoms with Gasteiger partial charge in [0.25, 0.3) is 5.91 Å². The van der Waals surface area contributed by atoms with Crippen molar-refractivity contribution in [2.45, 2.75) is 25.6 Å². The Morgan fingerprint density at radius 2 is 1.65 bits per heavy atom. The minimum Gasteiger partial charge on any atom is -0.507 e. The third kappa shape index (κ3) is 4.34. The van der Waals surface area contributed by atoms with Gasteiger partial charge in [-0.25, -0.2) is 0 Å². The molecule has 0 unspecified atom stereocenters. The van der Waals surface area contributed by atoms with Crippen LogP contribution in [0.4, 0.5) is 0 Å². The summed E-state index contributed by atoms with van der Waals surface area (Å²) in [6.45, 7) is 0.562. The molecule has 1 aliphatic rings. The Morgan fingerprint density at radius 3 is 2.39 bits per heavy atom. The van der Waals surface area contributed by atoms with E-state index in [1.807, 2.05) is 54.6 Å². The van der Waals surface area contributed by atoms with E-state index in [0.717, 1.165) is 22.8 Å². The summed E-state index contributed by atoms with van der Waals surface area (Å²) in [5.41, 5.74) is 2.82. The van der Waals surface area contributed by atoms with E-state index >= 15 is 0 Å². The zero-order valence-electron chi connectivity index (χ0n) is 16.6. The van der Waals surface area contributed by atoms with E-state index in [0.29, 0.717) is 13.0 Å². The zero-order valence-corrected chi connectivity index (χ0v) is 17.3. The van der Waals surface area contributed by atoms with Crippen LogP contribution in [0.15, 0.2) is 66.7 Å². The lowest BCUT2D eigenvalue weighted by atomic mass is 9.92. The lowest BCUT2D eigenvalue weighted by Gasteiger charge is -2.36. The maximum Gasteiger partial charge on any atom is 0.258 e. The molecular weight excluding hydrogens is 416 g/mol. The highest BCUT2D eigenvalue weighted by Gasteiger charge is 2.36. The first kappa shape index (κ1) is 20.8. The first-order valence-corrected chi connectivity index (χ1v) is 10.2. The van der Waals surface area contributed by atoms with Gasteiger partial charge < -0.3 is 20.4 Å². The van der Waals surface area contributed by atoms with Crippen molar-refractivity contribution in [3.63, 3.8) is 0 Å². The van der Waals surface area contributed by atoms with Crippen molar-refractivity contribution in [1.82, 2.24) is 10.2 Å². The Bertz CT molecular complexity index is 1130. The minimum absolute atomic E-state index is 0.0522. The average Bonchev–Trinajstić information content (AvgIpc) is 2.79. The maximum absolute atomic E-state index is 13.3. The molecule has 6 nitrogen and oxygen atoms in total. The van der Waals surface area contributed by atoms with Gasteiger partial charge in [0.05, 0.1) is 10.6 Å². The van der Waals surface area contributed by atoms with Crippen LogP contribution in [0, 0.1) is 0 Å². The SMILES string of the molecule is O=C(NCc1ccccc1)[C@@H]1Cc2ccccc2CN1C(=O)c1cc(Cl)c(O)cc1O. The lowest BCUT2D eigenvalue weighted by Crippen LogP contribution is -2.52. The summed E-state index contributed by atoms with van der Waals surface area (Å²) in [6, 6.07) is 18.7. The largest absolute Gasteiger partial charge is 0.507 e. The Kier molecular flexibility index (Phi) is 5.82. The molecule has 0 bridgehead atoms. The van der Waals surface area contributed by atoms with E-state index in [1.165, 1.54) is 11.0 Å². The van der Waals surface area contributed by atoms with Crippen LogP contribution < -0.4 is 5.32 Å². The third-order valence-corrected chi connectivity index (χ3v) is 5.72. The quantitative estimate of drug-likeness (QED) is 0.582. The minimum atomic E-state index is -0.752. The topological polar surface area (TPSA) is 89.9 Å². The molecule has 3 aromatic rings. The highest BCUT2D eigenvalue weighted by atomic mass is 35.5. The molecule has 1 heterocycles. The van der Waals surface area contributed by atoms with E-state index in [4.69, 9.17) is 11.6 Å². The molecule has 4 rings (SSSR count). The first-order chi connectivity index (χ1) is 14.9. The number of phenols is 2. The molecular formula is C24H21ClN2O4. The Morgan fingerprint density at radius 1 is 0.968 bits per heavy atom. The summed E-state index contributed by atoms with van der Waals surface area (Å²) in [5.74, 6) is -1.53. The molecule has 0 aliphatic carbocycles. The summed E-state index contributed by atoms with van der Waals surface area (Å²) < 4.78 is 0. The van der Waals surface area contributed by atoms with E-state index in [9.17, 15) is 19.8 Å². The molecule has 3 aromatic carbocycles. The molecule has 0 saturated heterocycles. The predicted molar refractivity (Wildman–Crippen MR) is 117 cm³/mol. The molecule has 7 heteroatoms. The fourth-order valence-electron chi connectivity index (χ4n) is 3.75. The Hall–Kier alpha value is -3.51. The average molecular weight is 437 g/mol. The van der Waals surface area contributed by atoms with Gasteiger partial charge in [-0.1, -0.05) is 66.2 Å². The number of hydrogen-bond acceptors (Lipinski definition) is 4. The summed E-state index contributed by atoms with van der Waals surface area (Å²) in [4.78, 5) is 27.9. The third-order valence-electron chi connectivity index (χ3n) is 5.42. The highest BCUT2D eigenvalue weighted by molar-refractivity contribution is 6.32. The van der Waals surface area contributed by atoms with Crippen molar-refractivity contribution in [3.8, 4) is 11.5 Å². The number of benzene rings is 3. The fourth-order valence-corrected chi connectivity index (χ4v) is 3.91. The van der Waals surface area contributed by atoms with Gasteiger partial charge in [0.15, 0.2) is 0 Å². The number of phenolic OH excluding ortho intramolecular Hbond substituents is 2. The van der Waals surface area contributed by atoms with Gasteiger partial charge in [0.2, 0.25) is 5.91 Å². The van der Waals surface area contributed by atoms with Gasteiger partial charge in [-0.05, 0) is 22.8 Å². The maximum atomic E-state index is 13.3. The summed E-state index contributed by atoms with van der Waals surface area (Å²) in [7, 11) is 0. The standard InChI is InChI=1S/C24H21ClN2O4/c25-19-11-18(21(28)12-22(19)29)24(31)27-14-17-9-5-4-8-16(17)10-20(27)23(30)26-13-15-6-2-1-3-7-15/h1-9,11-12,20,28-29H,10,13-14H2,(H,26,30)/t20-/m0/s1. The second kappa shape index (κ2) is 8.70. The van der Waals surface area contributed by atoms with Gasteiger partial charge in [-0.15, -0.1) is 0 Å². The molecule has 0 spiro atoms. The van der Waals surface area contributed by atoms with E-state index in [-0.39, 0.29) is 28.8 Å². The predicted octanol–water partition coefficient (Wildman–Crippen LogP) is 3.63. The monoisotopic (exact) mass is 436 g/mol. The smallest absolute Gasteiger partial charge is 0.258 e. The number of amides is 2. The van der Waals surface area contributed by atoms with Crippen molar-refractivity contribution in [1.29, 1.82) is 0 Å². The van der Waals surface area contributed by atoms with Gasteiger partial charge in [-0.2, -0.15) is 0 Å². The fraction of sp³-hybridized carbons (Fsp3) is 0.167. The number of carbonyl (C=O) groups is 2. The number of fused-ring (bicyclic) bond motifs is 1. The number of halogens is 1. The van der Waals surface area contributed by atoms with Gasteiger partial charge in [0, 0.05) is 25.6 Å². The Labute approximate surface area is 184 Å². The van der Waals surface area contributed by atoms with Gasteiger partial charge >= 0.3 is 0 Å². The van der Waals surface area contributed by atoms with Gasteiger partial charge in [-0.3, -0.25) is 9.59 Å². The summed E-state index contributed by atoms with van der Waals surface area (Å²) in [5, 5.41) is 22.8. The van der Waals surface area contributed by atoms with Crippen molar-refractivity contribution in [2.75, 3.05) is 0 Å². The molecule has 0 radical (unpaired) electrons. The van der Waals surface area contributed by atoms with Crippen LogP contribution in [0.3, 0.4) is 0 Å². The van der Waals surface area contributed by atoms with Crippen molar-refractivity contribution >= 4 is 23.4 Å². The van der Waals surface area contributed by atoms with E-state index in [1.54, 1.807) is 0 Å². The number of carbonyl (C=O) groups excluding carboxylic acids is 2. The van der Waals surface area contributed by atoms with Gasteiger partial charge in [0.1, 0.15) is 17.5 Å². The van der Waals surface area contributed by atoms with Crippen LogP contribution in [-0.2, 0) is 24.3 Å². The van der Waals surface area contributed by atoms with Crippen LogP contribution in [-0.4, -0.2) is 33.0 Å². The molecule has 1 atom stereocenters. The van der Waals surface area contributed by atoms with Crippen LogP contribution in [0.5, 0.6) is 11.5 Å². The van der Waals surface area contributed by atoms with E-state index in [2.05, 4.69) is 5.32 Å². The van der Waals surface area contributed by atoms with Crippen molar-refractivity contribution < 1.29 is 19.8 Å². The van der Waals surface area contributed by atoms with Crippen LogP contribution in [0.2, 0.25) is 5.02 Å². The van der Waals surface area contributed by atoms with Crippen molar-refractivity contribution in [3.05, 3.63) is 94.0 Å². The molecule has 0 fully saturated rings. The Balaban J connectivity index is 1.63. The molecule has 3 N–H and O–H groups in total.